The Bertz CT molecular complexity index is 385. The molecule has 1 aliphatic carbocycles. The molecule has 1 aliphatic rings. The van der Waals surface area contributed by atoms with Crippen molar-refractivity contribution < 1.29 is 0 Å². The topological polar surface area (TPSA) is 29.3 Å². The van der Waals surface area contributed by atoms with Gasteiger partial charge in [-0.2, -0.15) is 0 Å². The standard InChI is InChI=1S/C18H30N2/c1-3-12-20(17-10-8-16(14-19)9-11-17)18-7-5-6-15(4-2)13-18/h8-11,15,18H,3-7,12-14,19H2,1-2H3. The van der Waals surface area contributed by atoms with E-state index in [0.29, 0.717) is 6.54 Å². The smallest absolute Gasteiger partial charge is 0.0368 e. The molecule has 2 N–H and O–H groups in total. The third-order valence-electron chi connectivity index (χ3n) is 4.74. The van der Waals surface area contributed by atoms with Crippen LogP contribution in [-0.4, -0.2) is 12.6 Å². The van der Waals surface area contributed by atoms with Crippen molar-refractivity contribution in [2.75, 3.05) is 11.4 Å². The quantitative estimate of drug-likeness (QED) is 0.836. The van der Waals surface area contributed by atoms with Gasteiger partial charge in [0.2, 0.25) is 0 Å². The zero-order valence-corrected chi connectivity index (χ0v) is 13.1. The second kappa shape index (κ2) is 7.68. The highest BCUT2D eigenvalue weighted by Crippen LogP contribution is 2.32. The van der Waals surface area contributed by atoms with Crippen molar-refractivity contribution in [1.82, 2.24) is 0 Å². The monoisotopic (exact) mass is 274 g/mol. The van der Waals surface area contributed by atoms with E-state index in [1.807, 2.05) is 0 Å². The number of nitrogens with zero attached hydrogens (tertiary/aromatic N) is 1. The van der Waals surface area contributed by atoms with Gasteiger partial charge in [0.25, 0.3) is 0 Å². The van der Waals surface area contributed by atoms with E-state index in [9.17, 15) is 0 Å². The Morgan fingerprint density at radius 2 is 1.90 bits per heavy atom. The molecule has 0 aliphatic heterocycles. The van der Waals surface area contributed by atoms with Crippen molar-refractivity contribution in [2.45, 2.75) is 65.0 Å². The van der Waals surface area contributed by atoms with Crippen LogP contribution >= 0.6 is 0 Å². The highest BCUT2D eigenvalue weighted by molar-refractivity contribution is 5.48. The maximum atomic E-state index is 5.70. The fourth-order valence-corrected chi connectivity index (χ4v) is 3.50. The number of hydrogen-bond acceptors (Lipinski definition) is 2. The summed E-state index contributed by atoms with van der Waals surface area (Å²) in [6.07, 6.45) is 8.10. The lowest BCUT2D eigenvalue weighted by Gasteiger charge is -2.39. The molecular formula is C18H30N2. The van der Waals surface area contributed by atoms with E-state index < -0.39 is 0 Å². The van der Waals surface area contributed by atoms with E-state index >= 15 is 0 Å². The minimum absolute atomic E-state index is 0.634. The van der Waals surface area contributed by atoms with Crippen LogP contribution in [0.25, 0.3) is 0 Å². The van der Waals surface area contributed by atoms with Crippen molar-refractivity contribution in [2.24, 2.45) is 11.7 Å². The zero-order valence-electron chi connectivity index (χ0n) is 13.1. The fraction of sp³-hybridized carbons (Fsp3) is 0.667. The normalized spacial score (nSPS) is 22.8. The molecule has 1 aromatic rings. The van der Waals surface area contributed by atoms with Gasteiger partial charge in [0.1, 0.15) is 0 Å². The average molecular weight is 274 g/mol. The molecule has 1 aromatic carbocycles. The average Bonchev–Trinajstić information content (AvgIpc) is 2.53. The summed E-state index contributed by atoms with van der Waals surface area (Å²) in [5.41, 5.74) is 8.30. The van der Waals surface area contributed by atoms with Crippen LogP contribution in [0.3, 0.4) is 0 Å². The summed E-state index contributed by atoms with van der Waals surface area (Å²) in [5.74, 6) is 0.927. The predicted octanol–water partition coefficient (Wildman–Crippen LogP) is 4.33. The first-order chi connectivity index (χ1) is 9.78. The van der Waals surface area contributed by atoms with Gasteiger partial charge in [-0.15, -0.1) is 0 Å². The summed E-state index contributed by atoms with van der Waals surface area (Å²) in [5, 5.41) is 0. The molecule has 0 radical (unpaired) electrons. The van der Waals surface area contributed by atoms with E-state index in [0.717, 1.165) is 12.0 Å². The van der Waals surface area contributed by atoms with Gasteiger partial charge in [0, 0.05) is 24.8 Å². The van der Waals surface area contributed by atoms with Gasteiger partial charge in [0.05, 0.1) is 0 Å². The van der Waals surface area contributed by atoms with Crippen molar-refractivity contribution in [3.8, 4) is 0 Å². The van der Waals surface area contributed by atoms with Crippen LogP contribution in [0, 0.1) is 5.92 Å². The molecule has 2 nitrogen and oxygen atoms in total. The van der Waals surface area contributed by atoms with Crippen LogP contribution in [0.4, 0.5) is 5.69 Å². The molecule has 2 atom stereocenters. The second-order valence-electron chi connectivity index (χ2n) is 6.16. The SMILES string of the molecule is CCCN(c1ccc(CN)cc1)C1CCCC(CC)C1. The maximum Gasteiger partial charge on any atom is 0.0368 e. The van der Waals surface area contributed by atoms with E-state index in [2.05, 4.69) is 43.0 Å². The number of nitrogens with two attached hydrogens (primary N) is 1. The molecule has 112 valence electrons. The van der Waals surface area contributed by atoms with Crippen molar-refractivity contribution in [3.05, 3.63) is 29.8 Å². The Balaban J connectivity index is 2.12. The van der Waals surface area contributed by atoms with Gasteiger partial charge in [-0.1, -0.05) is 45.2 Å². The van der Waals surface area contributed by atoms with E-state index in [1.54, 1.807) is 0 Å². The largest absolute Gasteiger partial charge is 0.369 e. The molecule has 2 heteroatoms. The first kappa shape index (κ1) is 15.4. The summed E-state index contributed by atoms with van der Waals surface area (Å²) >= 11 is 0. The number of benzene rings is 1. The first-order valence-corrected chi connectivity index (χ1v) is 8.34. The van der Waals surface area contributed by atoms with Crippen LogP contribution < -0.4 is 10.6 Å². The first-order valence-electron chi connectivity index (χ1n) is 8.34. The number of hydrogen-bond donors (Lipinski definition) is 1. The summed E-state index contributed by atoms with van der Waals surface area (Å²) in [7, 11) is 0. The summed E-state index contributed by atoms with van der Waals surface area (Å²) in [6, 6.07) is 9.61. The Morgan fingerprint density at radius 3 is 2.50 bits per heavy atom. The highest BCUT2D eigenvalue weighted by atomic mass is 15.2. The van der Waals surface area contributed by atoms with E-state index in [-0.39, 0.29) is 0 Å². The lowest BCUT2D eigenvalue weighted by Crippen LogP contribution is -2.39. The molecule has 1 fully saturated rings. The lowest BCUT2D eigenvalue weighted by atomic mass is 9.83. The molecule has 0 bridgehead atoms. The Hall–Kier alpha value is -1.02. The van der Waals surface area contributed by atoms with Crippen molar-refractivity contribution >= 4 is 5.69 Å². The molecule has 0 amide bonds. The minimum Gasteiger partial charge on any atom is -0.369 e. The molecule has 0 aromatic heterocycles. The highest BCUT2D eigenvalue weighted by Gasteiger charge is 2.25. The third kappa shape index (κ3) is 3.76. The number of anilines is 1. The third-order valence-corrected chi connectivity index (χ3v) is 4.74. The fourth-order valence-electron chi connectivity index (χ4n) is 3.50. The van der Waals surface area contributed by atoms with Crippen LogP contribution in [0.15, 0.2) is 24.3 Å². The minimum atomic E-state index is 0.634. The lowest BCUT2D eigenvalue weighted by molar-refractivity contribution is 0.303. The molecular weight excluding hydrogens is 244 g/mol. The van der Waals surface area contributed by atoms with Gasteiger partial charge in [-0.05, 0) is 42.9 Å². The zero-order chi connectivity index (χ0) is 14.4. The van der Waals surface area contributed by atoms with Gasteiger partial charge < -0.3 is 10.6 Å². The molecule has 2 unspecified atom stereocenters. The van der Waals surface area contributed by atoms with Gasteiger partial charge in [0.15, 0.2) is 0 Å². The van der Waals surface area contributed by atoms with Crippen molar-refractivity contribution in [1.29, 1.82) is 0 Å². The van der Waals surface area contributed by atoms with Crippen molar-refractivity contribution in [3.63, 3.8) is 0 Å². The van der Waals surface area contributed by atoms with Gasteiger partial charge in [-0.3, -0.25) is 0 Å². The van der Waals surface area contributed by atoms with Gasteiger partial charge in [-0.25, -0.2) is 0 Å². The van der Waals surface area contributed by atoms with Crippen LogP contribution in [0.5, 0.6) is 0 Å². The molecule has 20 heavy (non-hydrogen) atoms. The van der Waals surface area contributed by atoms with E-state index in [1.165, 1.54) is 56.3 Å². The molecule has 0 heterocycles. The van der Waals surface area contributed by atoms with Crippen LogP contribution in [-0.2, 0) is 6.54 Å². The van der Waals surface area contributed by atoms with Gasteiger partial charge >= 0.3 is 0 Å². The summed E-state index contributed by atoms with van der Waals surface area (Å²) in [4.78, 5) is 2.64. The molecule has 0 saturated heterocycles. The Kier molecular flexibility index (Phi) is 5.90. The maximum absolute atomic E-state index is 5.70. The molecule has 2 rings (SSSR count). The van der Waals surface area contributed by atoms with Crippen LogP contribution in [0.1, 0.15) is 57.9 Å². The Morgan fingerprint density at radius 1 is 1.15 bits per heavy atom. The number of rotatable bonds is 6. The van der Waals surface area contributed by atoms with Crippen LogP contribution in [0.2, 0.25) is 0 Å². The molecule has 1 saturated carbocycles. The summed E-state index contributed by atoms with van der Waals surface area (Å²) in [6.45, 7) is 6.42. The molecule has 0 spiro atoms. The Labute approximate surface area is 124 Å². The summed E-state index contributed by atoms with van der Waals surface area (Å²) < 4.78 is 0. The van der Waals surface area contributed by atoms with E-state index in [4.69, 9.17) is 5.73 Å². The second-order valence-corrected chi connectivity index (χ2v) is 6.16. The predicted molar refractivity (Wildman–Crippen MR) is 88.0 cm³/mol.